The quantitative estimate of drug-likeness (QED) is 0.853. The SMILES string of the molecule is Cc1c(CN(C)C(=O)c2cccc(C#N)c2)cnn1C. The topological polar surface area (TPSA) is 61.9 Å². The Hall–Kier alpha value is -2.61. The number of aryl methyl sites for hydroxylation is 1. The van der Waals surface area contributed by atoms with Gasteiger partial charge in [0.15, 0.2) is 0 Å². The average Bonchev–Trinajstić information content (AvgIpc) is 2.78. The van der Waals surface area contributed by atoms with Gasteiger partial charge in [-0.05, 0) is 25.1 Å². The first-order valence-electron chi connectivity index (χ1n) is 6.26. The summed E-state index contributed by atoms with van der Waals surface area (Å²) in [5.74, 6) is -0.106. The maximum absolute atomic E-state index is 12.3. The van der Waals surface area contributed by atoms with E-state index in [0.29, 0.717) is 17.7 Å². The number of carbonyl (C=O) groups is 1. The molecule has 1 aromatic carbocycles. The Labute approximate surface area is 118 Å². The van der Waals surface area contributed by atoms with E-state index >= 15 is 0 Å². The summed E-state index contributed by atoms with van der Waals surface area (Å²) in [6.07, 6.45) is 1.77. The normalized spacial score (nSPS) is 10.1. The number of benzene rings is 1. The van der Waals surface area contributed by atoms with E-state index in [2.05, 4.69) is 5.10 Å². The predicted octanol–water partition coefficient (Wildman–Crippen LogP) is 1.87. The Kier molecular flexibility index (Phi) is 3.85. The van der Waals surface area contributed by atoms with Gasteiger partial charge in [-0.15, -0.1) is 0 Å². The average molecular weight is 268 g/mol. The second kappa shape index (κ2) is 5.57. The van der Waals surface area contributed by atoms with E-state index in [1.807, 2.05) is 20.0 Å². The minimum Gasteiger partial charge on any atom is -0.337 e. The third-order valence-electron chi connectivity index (χ3n) is 3.33. The van der Waals surface area contributed by atoms with Crippen LogP contribution < -0.4 is 0 Å². The Balaban J connectivity index is 2.16. The summed E-state index contributed by atoms with van der Waals surface area (Å²) in [7, 11) is 3.62. The van der Waals surface area contributed by atoms with E-state index in [0.717, 1.165) is 11.3 Å². The summed E-state index contributed by atoms with van der Waals surface area (Å²) < 4.78 is 1.78. The number of hydrogen-bond donors (Lipinski definition) is 0. The van der Waals surface area contributed by atoms with E-state index in [1.165, 1.54) is 0 Å². The van der Waals surface area contributed by atoms with Crippen LogP contribution >= 0.6 is 0 Å². The fourth-order valence-electron chi connectivity index (χ4n) is 1.97. The molecule has 20 heavy (non-hydrogen) atoms. The third kappa shape index (κ3) is 2.69. The molecule has 0 fully saturated rings. The van der Waals surface area contributed by atoms with Crippen LogP contribution in [0.5, 0.6) is 0 Å². The van der Waals surface area contributed by atoms with Gasteiger partial charge in [-0.1, -0.05) is 6.07 Å². The maximum Gasteiger partial charge on any atom is 0.253 e. The Morgan fingerprint density at radius 3 is 2.85 bits per heavy atom. The summed E-state index contributed by atoms with van der Waals surface area (Å²) in [6.45, 7) is 2.46. The van der Waals surface area contributed by atoms with Gasteiger partial charge in [0, 0.05) is 37.5 Å². The van der Waals surface area contributed by atoms with Crippen molar-refractivity contribution in [1.29, 1.82) is 5.26 Å². The lowest BCUT2D eigenvalue weighted by molar-refractivity contribution is 0.0785. The molecule has 0 aliphatic heterocycles. The lowest BCUT2D eigenvalue weighted by atomic mass is 10.1. The number of nitriles is 1. The zero-order chi connectivity index (χ0) is 14.7. The van der Waals surface area contributed by atoms with Crippen LogP contribution in [0.3, 0.4) is 0 Å². The van der Waals surface area contributed by atoms with Crippen molar-refractivity contribution < 1.29 is 4.79 Å². The van der Waals surface area contributed by atoms with Crippen molar-refractivity contribution in [1.82, 2.24) is 14.7 Å². The molecule has 0 saturated heterocycles. The zero-order valence-corrected chi connectivity index (χ0v) is 11.8. The van der Waals surface area contributed by atoms with Crippen LogP contribution in [0.25, 0.3) is 0 Å². The molecule has 2 aromatic rings. The molecule has 5 heteroatoms. The highest BCUT2D eigenvalue weighted by Gasteiger charge is 2.14. The van der Waals surface area contributed by atoms with Crippen LogP contribution in [0.15, 0.2) is 30.5 Å². The number of aromatic nitrogens is 2. The first-order chi connectivity index (χ1) is 9.52. The van der Waals surface area contributed by atoms with Gasteiger partial charge in [0.2, 0.25) is 0 Å². The molecule has 0 saturated carbocycles. The molecule has 1 amide bonds. The first-order valence-corrected chi connectivity index (χ1v) is 6.26. The minimum absolute atomic E-state index is 0.106. The van der Waals surface area contributed by atoms with Crippen molar-refractivity contribution >= 4 is 5.91 Å². The summed E-state index contributed by atoms with van der Waals surface area (Å²) in [5, 5.41) is 13.0. The molecule has 0 radical (unpaired) electrons. The molecule has 1 aromatic heterocycles. The molecular formula is C15H16N4O. The lowest BCUT2D eigenvalue weighted by Gasteiger charge is -2.17. The molecule has 2 rings (SSSR count). The number of carbonyl (C=O) groups excluding carboxylic acids is 1. The zero-order valence-electron chi connectivity index (χ0n) is 11.8. The number of amides is 1. The smallest absolute Gasteiger partial charge is 0.253 e. The van der Waals surface area contributed by atoms with Crippen LogP contribution in [0, 0.1) is 18.3 Å². The van der Waals surface area contributed by atoms with Crippen molar-refractivity contribution in [3.63, 3.8) is 0 Å². The molecule has 5 nitrogen and oxygen atoms in total. The Bertz CT molecular complexity index is 681. The first kappa shape index (κ1) is 13.8. The Morgan fingerprint density at radius 1 is 1.50 bits per heavy atom. The molecule has 1 heterocycles. The van der Waals surface area contributed by atoms with Crippen molar-refractivity contribution in [2.75, 3.05) is 7.05 Å². The van der Waals surface area contributed by atoms with Gasteiger partial charge in [0.25, 0.3) is 5.91 Å². The molecule has 0 bridgehead atoms. The second-order valence-corrected chi connectivity index (χ2v) is 4.73. The highest BCUT2D eigenvalue weighted by molar-refractivity contribution is 5.94. The monoisotopic (exact) mass is 268 g/mol. The van der Waals surface area contributed by atoms with Crippen LogP contribution in [-0.2, 0) is 13.6 Å². The summed E-state index contributed by atoms with van der Waals surface area (Å²) >= 11 is 0. The molecular weight excluding hydrogens is 252 g/mol. The van der Waals surface area contributed by atoms with Crippen LogP contribution in [0.2, 0.25) is 0 Å². The fraction of sp³-hybridized carbons (Fsp3) is 0.267. The summed E-state index contributed by atoms with van der Waals surface area (Å²) in [5.41, 5.74) is 3.06. The van der Waals surface area contributed by atoms with Gasteiger partial charge in [0.05, 0.1) is 17.8 Å². The largest absolute Gasteiger partial charge is 0.337 e. The van der Waals surface area contributed by atoms with Gasteiger partial charge < -0.3 is 4.90 Å². The van der Waals surface area contributed by atoms with Crippen molar-refractivity contribution in [2.24, 2.45) is 7.05 Å². The molecule has 0 atom stereocenters. The molecule has 0 N–H and O–H groups in total. The molecule has 0 aliphatic rings. The number of nitrogens with zero attached hydrogens (tertiary/aromatic N) is 4. The van der Waals surface area contributed by atoms with Crippen molar-refractivity contribution in [2.45, 2.75) is 13.5 Å². The summed E-state index contributed by atoms with van der Waals surface area (Å²) in [6, 6.07) is 8.76. The standard InChI is InChI=1S/C15H16N4O/c1-11-14(9-17-19(11)3)10-18(2)15(20)13-6-4-5-12(7-13)8-16/h4-7,9H,10H2,1-3H3. The summed E-state index contributed by atoms with van der Waals surface area (Å²) in [4.78, 5) is 14.0. The molecule has 102 valence electrons. The number of hydrogen-bond acceptors (Lipinski definition) is 3. The molecule has 0 spiro atoms. The minimum atomic E-state index is -0.106. The molecule has 0 aliphatic carbocycles. The fourth-order valence-corrected chi connectivity index (χ4v) is 1.97. The predicted molar refractivity (Wildman–Crippen MR) is 74.9 cm³/mol. The maximum atomic E-state index is 12.3. The second-order valence-electron chi connectivity index (χ2n) is 4.73. The van der Waals surface area contributed by atoms with Crippen LogP contribution in [0.4, 0.5) is 0 Å². The van der Waals surface area contributed by atoms with Crippen molar-refractivity contribution in [3.8, 4) is 6.07 Å². The van der Waals surface area contributed by atoms with E-state index in [1.54, 1.807) is 47.1 Å². The van der Waals surface area contributed by atoms with Crippen LogP contribution in [0.1, 0.15) is 27.2 Å². The third-order valence-corrected chi connectivity index (χ3v) is 3.33. The van der Waals surface area contributed by atoms with E-state index in [9.17, 15) is 4.79 Å². The van der Waals surface area contributed by atoms with Gasteiger partial charge in [-0.25, -0.2) is 0 Å². The van der Waals surface area contributed by atoms with E-state index in [4.69, 9.17) is 5.26 Å². The van der Waals surface area contributed by atoms with Gasteiger partial charge in [0.1, 0.15) is 0 Å². The highest BCUT2D eigenvalue weighted by atomic mass is 16.2. The highest BCUT2D eigenvalue weighted by Crippen LogP contribution is 2.12. The van der Waals surface area contributed by atoms with Gasteiger partial charge in [-0.2, -0.15) is 10.4 Å². The Morgan fingerprint density at radius 2 is 2.25 bits per heavy atom. The molecule has 0 unspecified atom stereocenters. The lowest BCUT2D eigenvalue weighted by Crippen LogP contribution is -2.26. The van der Waals surface area contributed by atoms with Crippen LogP contribution in [-0.4, -0.2) is 27.6 Å². The van der Waals surface area contributed by atoms with E-state index in [-0.39, 0.29) is 5.91 Å². The van der Waals surface area contributed by atoms with E-state index < -0.39 is 0 Å². The van der Waals surface area contributed by atoms with Crippen molar-refractivity contribution in [3.05, 3.63) is 52.8 Å². The number of rotatable bonds is 3. The van der Waals surface area contributed by atoms with Gasteiger partial charge >= 0.3 is 0 Å². The van der Waals surface area contributed by atoms with Gasteiger partial charge in [-0.3, -0.25) is 9.48 Å².